The number of benzene rings is 3. The van der Waals surface area contributed by atoms with Crippen molar-refractivity contribution < 1.29 is 26.3 Å². The molecule has 0 unspecified atom stereocenters. The lowest BCUT2D eigenvalue weighted by Gasteiger charge is -2.17. The maximum atomic E-state index is 12.8. The molecule has 3 aromatic carbocycles. The lowest BCUT2D eigenvalue weighted by molar-refractivity contribution is -0.137. The van der Waals surface area contributed by atoms with Crippen LogP contribution in [0.2, 0.25) is 10.0 Å². The predicted molar refractivity (Wildman–Crippen MR) is 121 cm³/mol. The molecule has 1 aliphatic carbocycles. The zero-order chi connectivity index (χ0) is 23.9. The number of ether oxygens (including phenoxy) is 1. The fourth-order valence-electron chi connectivity index (χ4n) is 3.40. The van der Waals surface area contributed by atoms with Crippen molar-refractivity contribution >= 4 is 33.2 Å². The lowest BCUT2D eigenvalue weighted by Crippen LogP contribution is -2.32. The SMILES string of the molecule is O=S(=O)(NCC1(c2ccc(Cl)c(Cl)c2)CC1)c1ccc(Oc2ccc(C(F)(F)F)cc2)cc1. The van der Waals surface area contributed by atoms with Gasteiger partial charge in [-0.25, -0.2) is 13.1 Å². The van der Waals surface area contributed by atoms with E-state index in [9.17, 15) is 21.6 Å². The van der Waals surface area contributed by atoms with Crippen LogP contribution in [0.1, 0.15) is 24.0 Å². The number of alkyl halides is 3. The topological polar surface area (TPSA) is 55.4 Å². The van der Waals surface area contributed by atoms with Crippen molar-refractivity contribution in [2.45, 2.75) is 29.3 Å². The van der Waals surface area contributed by atoms with Gasteiger partial charge >= 0.3 is 6.18 Å². The highest BCUT2D eigenvalue weighted by atomic mass is 35.5. The molecule has 1 N–H and O–H groups in total. The zero-order valence-electron chi connectivity index (χ0n) is 17.0. The first kappa shape index (κ1) is 23.9. The van der Waals surface area contributed by atoms with Crippen LogP contribution in [0.4, 0.5) is 13.2 Å². The molecule has 0 aliphatic heterocycles. The first-order valence-electron chi connectivity index (χ1n) is 9.89. The van der Waals surface area contributed by atoms with E-state index in [2.05, 4.69) is 4.72 Å². The highest BCUT2D eigenvalue weighted by molar-refractivity contribution is 7.89. The third kappa shape index (κ3) is 5.46. The average Bonchev–Trinajstić information content (AvgIpc) is 3.56. The minimum absolute atomic E-state index is 0.0483. The van der Waals surface area contributed by atoms with Crippen LogP contribution in [-0.4, -0.2) is 15.0 Å². The van der Waals surface area contributed by atoms with Gasteiger partial charge < -0.3 is 4.74 Å². The first-order valence-corrected chi connectivity index (χ1v) is 12.1. The van der Waals surface area contributed by atoms with E-state index in [4.69, 9.17) is 27.9 Å². The molecule has 1 aliphatic rings. The summed E-state index contributed by atoms with van der Waals surface area (Å²) >= 11 is 12.1. The van der Waals surface area contributed by atoms with Gasteiger partial charge in [-0.3, -0.25) is 0 Å². The molecule has 10 heteroatoms. The Balaban J connectivity index is 1.41. The van der Waals surface area contributed by atoms with Crippen molar-refractivity contribution in [3.8, 4) is 11.5 Å². The summed E-state index contributed by atoms with van der Waals surface area (Å²) in [6.07, 6.45) is -2.78. The third-order valence-electron chi connectivity index (χ3n) is 5.54. The van der Waals surface area contributed by atoms with E-state index < -0.39 is 21.8 Å². The normalized spacial score (nSPS) is 15.3. The van der Waals surface area contributed by atoms with E-state index >= 15 is 0 Å². The van der Waals surface area contributed by atoms with Crippen LogP contribution in [0.3, 0.4) is 0 Å². The molecule has 33 heavy (non-hydrogen) atoms. The quantitative estimate of drug-likeness (QED) is 0.375. The van der Waals surface area contributed by atoms with E-state index in [1.54, 1.807) is 12.1 Å². The van der Waals surface area contributed by atoms with Crippen LogP contribution < -0.4 is 9.46 Å². The molecule has 4 nitrogen and oxygen atoms in total. The molecule has 0 spiro atoms. The number of nitrogens with one attached hydrogen (secondary N) is 1. The van der Waals surface area contributed by atoms with Crippen LogP contribution in [0.15, 0.2) is 71.6 Å². The lowest BCUT2D eigenvalue weighted by atomic mass is 9.96. The summed E-state index contributed by atoms with van der Waals surface area (Å²) in [7, 11) is -3.78. The highest BCUT2D eigenvalue weighted by Crippen LogP contribution is 2.49. The van der Waals surface area contributed by atoms with Gasteiger partial charge in [0, 0.05) is 12.0 Å². The summed E-state index contributed by atoms with van der Waals surface area (Å²) in [4.78, 5) is 0.0483. The molecule has 0 radical (unpaired) electrons. The molecule has 0 saturated heterocycles. The second-order valence-corrected chi connectivity index (χ2v) is 10.4. The third-order valence-corrected chi connectivity index (χ3v) is 7.69. The Bertz CT molecular complexity index is 1260. The largest absolute Gasteiger partial charge is 0.457 e. The van der Waals surface area contributed by atoms with Crippen molar-refractivity contribution in [1.29, 1.82) is 0 Å². The van der Waals surface area contributed by atoms with Crippen LogP contribution in [-0.2, 0) is 21.6 Å². The predicted octanol–water partition coefficient (Wildman–Crippen LogP) is 6.81. The fourth-order valence-corrected chi connectivity index (χ4v) is 4.82. The van der Waals surface area contributed by atoms with Crippen LogP contribution in [0.25, 0.3) is 0 Å². The summed E-state index contributed by atoms with van der Waals surface area (Å²) in [6, 6.07) is 15.2. The van der Waals surface area contributed by atoms with E-state index in [0.717, 1.165) is 30.5 Å². The van der Waals surface area contributed by atoms with Crippen molar-refractivity contribution in [3.05, 3.63) is 87.9 Å². The molecule has 4 rings (SSSR count). The van der Waals surface area contributed by atoms with E-state index in [-0.39, 0.29) is 22.6 Å². The maximum Gasteiger partial charge on any atom is 0.416 e. The minimum Gasteiger partial charge on any atom is -0.457 e. The molecule has 0 amide bonds. The number of halogens is 5. The maximum absolute atomic E-state index is 12.8. The summed E-state index contributed by atoms with van der Waals surface area (Å²) < 4.78 is 71.6. The molecule has 0 heterocycles. The second-order valence-electron chi connectivity index (χ2n) is 7.83. The van der Waals surface area contributed by atoms with Gasteiger partial charge in [-0.2, -0.15) is 13.2 Å². The molecule has 0 bridgehead atoms. The van der Waals surface area contributed by atoms with Gasteiger partial charge in [0.1, 0.15) is 11.5 Å². The van der Waals surface area contributed by atoms with Crippen LogP contribution >= 0.6 is 23.2 Å². The Labute approximate surface area is 199 Å². The smallest absolute Gasteiger partial charge is 0.416 e. The standard InChI is InChI=1S/C23H18Cl2F3NO3S/c24-20-10-3-16(13-21(20)25)22(11-12-22)14-29-33(30,31)19-8-6-18(7-9-19)32-17-4-1-15(2-5-17)23(26,27)28/h1-10,13,29H,11-12,14H2. The molecule has 1 saturated carbocycles. The van der Waals surface area contributed by atoms with Gasteiger partial charge in [0.25, 0.3) is 0 Å². The minimum atomic E-state index is -4.43. The Morgan fingerprint density at radius 1 is 0.879 bits per heavy atom. The Hall–Kier alpha value is -2.26. The molecule has 0 aromatic heterocycles. The van der Waals surface area contributed by atoms with Gasteiger partial charge in [0.2, 0.25) is 10.0 Å². The van der Waals surface area contributed by atoms with Gasteiger partial charge in [-0.15, -0.1) is 0 Å². The number of hydrogen-bond donors (Lipinski definition) is 1. The van der Waals surface area contributed by atoms with Gasteiger partial charge in [-0.1, -0.05) is 29.3 Å². The molecule has 174 valence electrons. The Morgan fingerprint density at radius 2 is 1.45 bits per heavy atom. The van der Waals surface area contributed by atoms with Gasteiger partial charge in [0.15, 0.2) is 0 Å². The van der Waals surface area contributed by atoms with Crippen molar-refractivity contribution in [2.75, 3.05) is 6.54 Å². The first-order chi connectivity index (χ1) is 15.5. The average molecular weight is 516 g/mol. The summed E-state index contributed by atoms with van der Waals surface area (Å²) in [6.45, 7) is 0.219. The Morgan fingerprint density at radius 3 is 1.97 bits per heavy atom. The molecule has 1 fully saturated rings. The van der Waals surface area contributed by atoms with Crippen LogP contribution in [0, 0.1) is 0 Å². The zero-order valence-corrected chi connectivity index (χ0v) is 19.3. The molecule has 0 atom stereocenters. The molecular weight excluding hydrogens is 498 g/mol. The van der Waals surface area contributed by atoms with Crippen molar-refractivity contribution in [1.82, 2.24) is 4.72 Å². The van der Waals surface area contributed by atoms with Crippen molar-refractivity contribution in [3.63, 3.8) is 0 Å². The van der Waals surface area contributed by atoms with E-state index in [1.807, 2.05) is 6.07 Å². The summed E-state index contributed by atoms with van der Waals surface area (Å²) in [5.74, 6) is 0.497. The molecule has 3 aromatic rings. The second kappa shape index (κ2) is 8.83. The van der Waals surface area contributed by atoms with Crippen LogP contribution in [0.5, 0.6) is 11.5 Å². The number of sulfonamides is 1. The van der Waals surface area contributed by atoms with Gasteiger partial charge in [0.05, 0.1) is 20.5 Å². The van der Waals surface area contributed by atoms with Gasteiger partial charge in [-0.05, 0) is 79.1 Å². The van der Waals surface area contributed by atoms with E-state index in [1.165, 1.54) is 36.4 Å². The Kier molecular flexibility index (Phi) is 6.39. The summed E-state index contributed by atoms with van der Waals surface area (Å²) in [5, 5.41) is 0.863. The monoisotopic (exact) mass is 515 g/mol. The fraction of sp³-hybridized carbons (Fsp3) is 0.217. The highest BCUT2D eigenvalue weighted by Gasteiger charge is 2.45. The van der Waals surface area contributed by atoms with E-state index in [0.29, 0.717) is 15.8 Å². The number of rotatable bonds is 7. The number of hydrogen-bond acceptors (Lipinski definition) is 3. The van der Waals surface area contributed by atoms with Crippen molar-refractivity contribution in [2.24, 2.45) is 0 Å². The summed E-state index contributed by atoms with van der Waals surface area (Å²) in [5.41, 5.74) is -0.163. The molecular formula is C23H18Cl2F3NO3S.